The second-order valence-electron chi connectivity index (χ2n) is 5.71. The number of rotatable bonds is 5. The molecule has 2 aromatic carbocycles. The molecule has 0 unspecified atom stereocenters. The van der Waals surface area contributed by atoms with E-state index >= 15 is 0 Å². The molecule has 0 aliphatic heterocycles. The van der Waals surface area contributed by atoms with Crippen molar-refractivity contribution in [2.24, 2.45) is 0 Å². The third-order valence-corrected chi connectivity index (χ3v) is 4.42. The number of hydrogen-bond donors (Lipinski definition) is 1. The Balaban J connectivity index is 1.89. The van der Waals surface area contributed by atoms with Gasteiger partial charge in [-0.2, -0.15) is 0 Å². The highest BCUT2D eigenvalue weighted by molar-refractivity contribution is 7.16. The molecule has 3 rings (SSSR count). The molecule has 1 heterocycles. The minimum Gasteiger partial charge on any atom is -0.304 e. The molecule has 1 N–H and O–H groups in total. The zero-order chi connectivity index (χ0) is 16.9. The Hall–Kier alpha value is -2.50. The van der Waals surface area contributed by atoms with Crippen molar-refractivity contribution in [1.82, 2.24) is 9.88 Å². The molecule has 0 aliphatic carbocycles. The van der Waals surface area contributed by atoms with Gasteiger partial charge in [-0.1, -0.05) is 59.9 Å². The van der Waals surface area contributed by atoms with Crippen LogP contribution in [0.15, 0.2) is 60.7 Å². The number of benzene rings is 2. The number of carbonyl (C=O) groups is 1. The topological polar surface area (TPSA) is 45.2 Å². The number of nitrogens with one attached hydrogen (secondary N) is 1. The van der Waals surface area contributed by atoms with Crippen LogP contribution in [0.1, 0.15) is 15.2 Å². The Bertz CT molecular complexity index is 813. The summed E-state index contributed by atoms with van der Waals surface area (Å²) in [5.41, 5.74) is 2.62. The molecular formula is C19H19N3OS. The molecule has 4 nitrogen and oxygen atoms in total. The van der Waals surface area contributed by atoms with Crippen molar-refractivity contribution in [2.45, 2.75) is 6.54 Å². The van der Waals surface area contributed by atoms with Crippen LogP contribution in [0.5, 0.6) is 0 Å². The monoisotopic (exact) mass is 337 g/mol. The quantitative estimate of drug-likeness (QED) is 0.761. The van der Waals surface area contributed by atoms with Crippen LogP contribution < -0.4 is 5.32 Å². The van der Waals surface area contributed by atoms with Gasteiger partial charge in [0.05, 0.1) is 5.69 Å². The lowest BCUT2D eigenvalue weighted by Crippen LogP contribution is -2.11. The molecule has 0 spiro atoms. The fourth-order valence-corrected chi connectivity index (χ4v) is 3.48. The highest BCUT2D eigenvalue weighted by Gasteiger charge is 2.15. The molecule has 122 valence electrons. The number of thiazole rings is 1. The van der Waals surface area contributed by atoms with Crippen molar-refractivity contribution < 1.29 is 4.79 Å². The summed E-state index contributed by atoms with van der Waals surface area (Å²) in [6, 6.07) is 19.2. The normalized spacial score (nSPS) is 10.8. The van der Waals surface area contributed by atoms with Crippen LogP contribution in [0.3, 0.4) is 0 Å². The van der Waals surface area contributed by atoms with Crippen molar-refractivity contribution >= 4 is 22.4 Å². The lowest BCUT2D eigenvalue weighted by molar-refractivity contribution is 0.102. The first-order valence-corrected chi connectivity index (χ1v) is 8.51. The number of aromatic nitrogens is 1. The molecule has 0 fully saturated rings. The average Bonchev–Trinajstić information content (AvgIpc) is 2.98. The van der Waals surface area contributed by atoms with E-state index in [0.717, 1.165) is 22.7 Å². The van der Waals surface area contributed by atoms with Crippen molar-refractivity contribution in [1.29, 1.82) is 0 Å². The zero-order valence-electron chi connectivity index (χ0n) is 13.7. The van der Waals surface area contributed by atoms with E-state index in [2.05, 4.69) is 15.2 Å². The maximum atomic E-state index is 12.3. The Morgan fingerprint density at radius 2 is 1.67 bits per heavy atom. The maximum Gasteiger partial charge on any atom is 0.257 e. The van der Waals surface area contributed by atoms with Crippen LogP contribution in [0.4, 0.5) is 5.13 Å². The van der Waals surface area contributed by atoms with Gasteiger partial charge in [0.15, 0.2) is 5.13 Å². The molecule has 0 atom stereocenters. The lowest BCUT2D eigenvalue weighted by Gasteiger charge is -2.08. The minimum absolute atomic E-state index is 0.139. The molecule has 0 bridgehead atoms. The van der Waals surface area contributed by atoms with Gasteiger partial charge in [0.2, 0.25) is 0 Å². The predicted molar refractivity (Wildman–Crippen MR) is 99.3 cm³/mol. The Labute approximate surface area is 145 Å². The van der Waals surface area contributed by atoms with Gasteiger partial charge in [0.25, 0.3) is 5.91 Å². The van der Waals surface area contributed by atoms with Crippen molar-refractivity contribution in [3.05, 3.63) is 71.1 Å². The minimum atomic E-state index is -0.139. The molecule has 1 amide bonds. The third kappa shape index (κ3) is 3.88. The summed E-state index contributed by atoms with van der Waals surface area (Å²) < 4.78 is 0. The maximum absolute atomic E-state index is 12.3. The van der Waals surface area contributed by atoms with Crippen LogP contribution in [-0.4, -0.2) is 29.9 Å². The van der Waals surface area contributed by atoms with Gasteiger partial charge >= 0.3 is 0 Å². The number of hydrogen-bond acceptors (Lipinski definition) is 4. The van der Waals surface area contributed by atoms with Crippen LogP contribution in [0.2, 0.25) is 0 Å². The number of carbonyl (C=O) groups excluding carboxylic acids is 1. The summed E-state index contributed by atoms with van der Waals surface area (Å²) in [4.78, 5) is 20.2. The summed E-state index contributed by atoms with van der Waals surface area (Å²) in [6.45, 7) is 0.781. The van der Waals surface area contributed by atoms with E-state index < -0.39 is 0 Å². The summed E-state index contributed by atoms with van der Waals surface area (Å²) >= 11 is 1.52. The van der Waals surface area contributed by atoms with Gasteiger partial charge in [-0.25, -0.2) is 4.98 Å². The van der Waals surface area contributed by atoms with E-state index in [1.54, 1.807) is 12.1 Å². The largest absolute Gasteiger partial charge is 0.304 e. The molecule has 1 aromatic heterocycles. The summed E-state index contributed by atoms with van der Waals surface area (Å²) in [6.07, 6.45) is 0. The zero-order valence-corrected chi connectivity index (χ0v) is 14.5. The van der Waals surface area contributed by atoms with Crippen molar-refractivity contribution in [3.63, 3.8) is 0 Å². The average molecular weight is 337 g/mol. The predicted octanol–water partition coefficient (Wildman–Crippen LogP) is 4.12. The molecule has 0 saturated carbocycles. The van der Waals surface area contributed by atoms with Gasteiger partial charge in [0, 0.05) is 22.5 Å². The molecular weight excluding hydrogens is 318 g/mol. The van der Waals surface area contributed by atoms with E-state index in [4.69, 9.17) is 0 Å². The Morgan fingerprint density at radius 3 is 2.29 bits per heavy atom. The number of nitrogens with zero attached hydrogens (tertiary/aromatic N) is 2. The van der Waals surface area contributed by atoms with E-state index in [1.165, 1.54) is 11.3 Å². The first kappa shape index (κ1) is 16.4. The van der Waals surface area contributed by atoms with Gasteiger partial charge in [-0.15, -0.1) is 0 Å². The highest BCUT2D eigenvalue weighted by atomic mass is 32.1. The molecule has 5 heteroatoms. The molecule has 0 aliphatic rings. The Kier molecular flexibility index (Phi) is 5.03. The smallest absolute Gasteiger partial charge is 0.257 e. The summed E-state index contributed by atoms with van der Waals surface area (Å²) in [5, 5.41) is 3.54. The molecule has 24 heavy (non-hydrogen) atoms. The first-order valence-electron chi connectivity index (χ1n) is 7.70. The van der Waals surface area contributed by atoms with Crippen LogP contribution in [0, 0.1) is 0 Å². The lowest BCUT2D eigenvalue weighted by atomic mass is 10.1. The highest BCUT2D eigenvalue weighted by Crippen LogP contribution is 2.32. The van der Waals surface area contributed by atoms with Crippen molar-refractivity contribution in [3.8, 4) is 11.3 Å². The second kappa shape index (κ2) is 7.38. The van der Waals surface area contributed by atoms with Gasteiger partial charge in [-0.05, 0) is 26.2 Å². The summed E-state index contributed by atoms with van der Waals surface area (Å²) in [7, 11) is 4.05. The van der Waals surface area contributed by atoms with Crippen LogP contribution >= 0.6 is 11.3 Å². The van der Waals surface area contributed by atoms with E-state index in [9.17, 15) is 4.79 Å². The summed E-state index contributed by atoms with van der Waals surface area (Å²) in [5.74, 6) is -0.139. The van der Waals surface area contributed by atoms with Gasteiger partial charge < -0.3 is 4.90 Å². The SMILES string of the molecule is CN(C)Cc1sc(NC(=O)c2ccccc2)nc1-c1ccccc1. The standard InChI is InChI=1S/C19H19N3OS/c1-22(2)13-16-17(14-9-5-3-6-10-14)20-19(24-16)21-18(23)15-11-7-4-8-12-15/h3-12H,13H2,1-2H3,(H,20,21,23). The first-order chi connectivity index (χ1) is 11.6. The molecule has 0 saturated heterocycles. The third-order valence-electron chi connectivity index (χ3n) is 3.46. The van der Waals surface area contributed by atoms with Gasteiger partial charge in [-0.3, -0.25) is 10.1 Å². The number of anilines is 1. The second-order valence-corrected chi connectivity index (χ2v) is 6.80. The van der Waals surface area contributed by atoms with E-state index in [0.29, 0.717) is 10.7 Å². The number of amides is 1. The van der Waals surface area contributed by atoms with Crippen molar-refractivity contribution in [2.75, 3.05) is 19.4 Å². The fourth-order valence-electron chi connectivity index (χ4n) is 2.38. The van der Waals surface area contributed by atoms with E-state index in [-0.39, 0.29) is 5.91 Å². The van der Waals surface area contributed by atoms with Gasteiger partial charge in [0.1, 0.15) is 0 Å². The Morgan fingerprint density at radius 1 is 1.04 bits per heavy atom. The van der Waals surface area contributed by atoms with Crippen LogP contribution in [0.25, 0.3) is 11.3 Å². The van der Waals surface area contributed by atoms with E-state index in [1.807, 2.05) is 62.6 Å². The fraction of sp³-hybridized carbons (Fsp3) is 0.158. The molecule has 3 aromatic rings. The molecule has 0 radical (unpaired) electrons. The van der Waals surface area contributed by atoms with Crippen LogP contribution in [-0.2, 0) is 6.54 Å².